The molecule has 1 atom stereocenters. The number of ether oxygens (including phenoxy) is 1. The van der Waals surface area contributed by atoms with Crippen molar-refractivity contribution in [2.24, 2.45) is 0 Å². The number of nitrogens with one attached hydrogen (secondary N) is 1. The number of urea groups is 1. The molecule has 1 aromatic heterocycles. The van der Waals surface area contributed by atoms with Crippen molar-refractivity contribution < 1.29 is 24.5 Å². The molecule has 1 aromatic rings. The summed E-state index contributed by atoms with van der Waals surface area (Å²) in [6.07, 6.45) is 0.528. The molecule has 0 aliphatic rings. The van der Waals surface area contributed by atoms with Crippen LogP contribution in [0.4, 0.5) is 4.79 Å². The number of aliphatic hydroxyl groups is 1. The van der Waals surface area contributed by atoms with Gasteiger partial charge in [0.25, 0.3) is 0 Å². The monoisotopic (exact) mass is 301 g/mol. The van der Waals surface area contributed by atoms with E-state index in [1.807, 2.05) is 0 Å². The van der Waals surface area contributed by atoms with Crippen LogP contribution >= 0.6 is 0 Å². The molecule has 0 saturated carbocycles. The van der Waals surface area contributed by atoms with E-state index in [4.69, 9.17) is 9.84 Å². The first kappa shape index (κ1) is 16.9. The molecule has 1 unspecified atom stereocenters. The maximum Gasteiger partial charge on any atom is 0.358 e. The van der Waals surface area contributed by atoms with E-state index in [9.17, 15) is 14.7 Å². The average Bonchev–Trinajstić information content (AvgIpc) is 2.87. The minimum absolute atomic E-state index is 0.145. The molecule has 1 heterocycles. The summed E-state index contributed by atoms with van der Waals surface area (Å²) in [7, 11) is 3.01. The lowest BCUT2D eigenvalue weighted by Gasteiger charge is -2.20. The Hall–Kier alpha value is -2.20. The number of hydrogen-bond donors (Lipinski definition) is 3. The van der Waals surface area contributed by atoms with Gasteiger partial charge in [0.1, 0.15) is 0 Å². The van der Waals surface area contributed by atoms with Gasteiger partial charge in [0.15, 0.2) is 5.69 Å². The van der Waals surface area contributed by atoms with Crippen molar-refractivity contribution in [1.29, 1.82) is 0 Å². The number of methoxy groups -OCH3 is 1. The topological polar surface area (TPSA) is 130 Å². The van der Waals surface area contributed by atoms with Crippen molar-refractivity contribution in [3.8, 4) is 0 Å². The SMILES string of the molecule is COCC(O)CN(C)C(=O)NCCn1cc(C(=O)O)nn1. The lowest BCUT2D eigenvalue weighted by molar-refractivity contribution is 0.0490. The number of likely N-dealkylation sites (N-methyl/N-ethyl adjacent to an activating group) is 1. The van der Waals surface area contributed by atoms with Crippen LogP contribution in [0.15, 0.2) is 6.20 Å². The molecule has 10 heteroatoms. The highest BCUT2D eigenvalue weighted by molar-refractivity contribution is 5.84. The smallest absolute Gasteiger partial charge is 0.358 e. The Balaban J connectivity index is 2.30. The summed E-state index contributed by atoms with van der Waals surface area (Å²) in [5, 5.41) is 27.9. The molecule has 0 aromatic carbocycles. The maximum absolute atomic E-state index is 11.7. The third-order valence-corrected chi connectivity index (χ3v) is 2.57. The number of rotatable bonds is 8. The van der Waals surface area contributed by atoms with Crippen molar-refractivity contribution in [1.82, 2.24) is 25.2 Å². The van der Waals surface area contributed by atoms with Crippen molar-refractivity contribution >= 4 is 12.0 Å². The van der Waals surface area contributed by atoms with Crippen LogP contribution < -0.4 is 5.32 Å². The number of aliphatic hydroxyl groups excluding tert-OH is 1. The van der Waals surface area contributed by atoms with Gasteiger partial charge in [-0.05, 0) is 0 Å². The first-order valence-corrected chi connectivity index (χ1v) is 6.23. The predicted molar refractivity (Wildman–Crippen MR) is 70.9 cm³/mol. The van der Waals surface area contributed by atoms with E-state index < -0.39 is 12.1 Å². The molecule has 0 saturated heterocycles. The molecular formula is C11H19N5O5. The number of amides is 2. The third kappa shape index (κ3) is 5.75. The number of aromatic nitrogens is 3. The van der Waals surface area contributed by atoms with Crippen LogP contribution in [-0.4, -0.2) is 82.1 Å². The number of aromatic carboxylic acids is 1. The summed E-state index contributed by atoms with van der Waals surface area (Å²) in [4.78, 5) is 23.7. The quantitative estimate of drug-likeness (QED) is 0.539. The molecule has 0 radical (unpaired) electrons. The summed E-state index contributed by atoms with van der Waals surface area (Å²) in [5.74, 6) is -1.16. The number of nitrogens with zero attached hydrogens (tertiary/aromatic N) is 4. The Morgan fingerprint density at radius 1 is 1.57 bits per heavy atom. The van der Waals surface area contributed by atoms with Crippen molar-refractivity contribution in [2.75, 3.05) is 33.9 Å². The zero-order chi connectivity index (χ0) is 15.8. The van der Waals surface area contributed by atoms with Gasteiger partial charge in [0.2, 0.25) is 0 Å². The van der Waals surface area contributed by atoms with Crippen LogP contribution in [0.1, 0.15) is 10.5 Å². The second kappa shape index (κ2) is 8.17. The van der Waals surface area contributed by atoms with E-state index in [0.717, 1.165) is 0 Å². The molecule has 10 nitrogen and oxygen atoms in total. The van der Waals surface area contributed by atoms with Crippen LogP contribution in [0.25, 0.3) is 0 Å². The molecule has 0 bridgehead atoms. The van der Waals surface area contributed by atoms with Crippen molar-refractivity contribution in [3.05, 3.63) is 11.9 Å². The number of carbonyl (C=O) groups is 2. The van der Waals surface area contributed by atoms with E-state index in [-0.39, 0.29) is 31.4 Å². The molecular weight excluding hydrogens is 282 g/mol. The number of carboxylic acids is 1. The van der Waals surface area contributed by atoms with E-state index in [1.54, 1.807) is 7.05 Å². The normalized spacial score (nSPS) is 12.0. The van der Waals surface area contributed by atoms with E-state index in [1.165, 1.54) is 22.9 Å². The zero-order valence-corrected chi connectivity index (χ0v) is 11.9. The highest BCUT2D eigenvalue weighted by Crippen LogP contribution is 1.93. The molecule has 118 valence electrons. The Morgan fingerprint density at radius 2 is 2.29 bits per heavy atom. The summed E-state index contributed by atoms with van der Waals surface area (Å²) >= 11 is 0. The fourth-order valence-corrected chi connectivity index (χ4v) is 1.56. The predicted octanol–water partition coefficient (Wildman–Crippen LogP) is -1.37. The molecule has 2 amide bonds. The van der Waals surface area contributed by atoms with Gasteiger partial charge in [-0.25, -0.2) is 14.3 Å². The Labute approximate surface area is 121 Å². The first-order valence-electron chi connectivity index (χ1n) is 6.23. The van der Waals surface area contributed by atoms with Gasteiger partial charge < -0.3 is 25.2 Å². The van der Waals surface area contributed by atoms with Gasteiger partial charge in [0.05, 0.1) is 32.0 Å². The minimum Gasteiger partial charge on any atom is -0.476 e. The lowest BCUT2D eigenvalue weighted by atomic mass is 10.3. The zero-order valence-electron chi connectivity index (χ0n) is 11.9. The minimum atomic E-state index is -1.16. The van der Waals surface area contributed by atoms with Crippen LogP contribution in [0.5, 0.6) is 0 Å². The highest BCUT2D eigenvalue weighted by Gasteiger charge is 2.13. The molecule has 0 fully saturated rings. The number of hydrogen-bond acceptors (Lipinski definition) is 6. The van der Waals surface area contributed by atoms with Crippen LogP contribution in [-0.2, 0) is 11.3 Å². The molecule has 3 N–H and O–H groups in total. The van der Waals surface area contributed by atoms with Gasteiger partial charge in [-0.1, -0.05) is 5.21 Å². The Bertz CT molecular complexity index is 477. The van der Waals surface area contributed by atoms with E-state index in [2.05, 4.69) is 15.6 Å². The lowest BCUT2D eigenvalue weighted by Crippen LogP contribution is -2.43. The number of carbonyl (C=O) groups excluding carboxylic acids is 1. The first-order chi connectivity index (χ1) is 9.93. The van der Waals surface area contributed by atoms with Gasteiger partial charge >= 0.3 is 12.0 Å². The second-order valence-electron chi connectivity index (χ2n) is 4.39. The summed E-state index contributed by atoms with van der Waals surface area (Å²) in [6.45, 7) is 0.840. The largest absolute Gasteiger partial charge is 0.476 e. The van der Waals surface area contributed by atoms with Gasteiger partial charge in [-0.2, -0.15) is 0 Å². The van der Waals surface area contributed by atoms with Gasteiger partial charge in [-0.15, -0.1) is 5.10 Å². The summed E-state index contributed by atoms with van der Waals surface area (Å²) < 4.78 is 6.09. The molecule has 1 rings (SSSR count). The standard InChI is InChI=1S/C11H19N5O5/c1-15(5-8(17)7-21-2)11(20)12-3-4-16-6-9(10(18)19)13-14-16/h6,8,17H,3-5,7H2,1-2H3,(H,12,20)(H,18,19). The van der Waals surface area contributed by atoms with E-state index in [0.29, 0.717) is 6.54 Å². The highest BCUT2D eigenvalue weighted by atomic mass is 16.5. The Kier molecular flexibility index (Phi) is 6.56. The fourth-order valence-electron chi connectivity index (χ4n) is 1.56. The number of carboxylic acid groups (broad SMARTS) is 1. The fraction of sp³-hybridized carbons (Fsp3) is 0.636. The average molecular weight is 301 g/mol. The summed E-state index contributed by atoms with van der Waals surface area (Å²) in [6, 6.07) is -0.358. The third-order valence-electron chi connectivity index (χ3n) is 2.57. The molecule has 0 aliphatic carbocycles. The van der Waals surface area contributed by atoms with Gasteiger partial charge in [0, 0.05) is 20.7 Å². The van der Waals surface area contributed by atoms with Crippen LogP contribution in [0.2, 0.25) is 0 Å². The molecule has 21 heavy (non-hydrogen) atoms. The van der Waals surface area contributed by atoms with E-state index >= 15 is 0 Å². The second-order valence-corrected chi connectivity index (χ2v) is 4.39. The van der Waals surface area contributed by atoms with Crippen molar-refractivity contribution in [2.45, 2.75) is 12.6 Å². The Morgan fingerprint density at radius 3 is 2.86 bits per heavy atom. The molecule has 0 aliphatic heterocycles. The van der Waals surface area contributed by atoms with Gasteiger partial charge in [-0.3, -0.25) is 0 Å². The molecule has 0 spiro atoms. The maximum atomic E-state index is 11.7. The summed E-state index contributed by atoms with van der Waals surface area (Å²) in [5.41, 5.74) is -0.152. The van der Waals surface area contributed by atoms with Crippen LogP contribution in [0, 0.1) is 0 Å². The van der Waals surface area contributed by atoms with Crippen LogP contribution in [0.3, 0.4) is 0 Å². The van der Waals surface area contributed by atoms with Crippen molar-refractivity contribution in [3.63, 3.8) is 0 Å².